The second-order valence-electron chi connectivity index (χ2n) is 3.36. The lowest BCUT2D eigenvalue weighted by Gasteiger charge is -2.14. The third-order valence-electron chi connectivity index (χ3n) is 1.81. The number of rotatable bonds is 6. The lowest BCUT2D eigenvalue weighted by molar-refractivity contribution is 0.342. The summed E-state index contributed by atoms with van der Waals surface area (Å²) in [6.07, 6.45) is 1.25. The van der Waals surface area contributed by atoms with E-state index in [9.17, 15) is 0 Å². The van der Waals surface area contributed by atoms with Crippen molar-refractivity contribution in [2.75, 3.05) is 26.7 Å². The van der Waals surface area contributed by atoms with Crippen molar-refractivity contribution in [3.63, 3.8) is 0 Å². The predicted octanol–water partition coefficient (Wildman–Crippen LogP) is 1.33. The molecule has 0 fully saturated rings. The summed E-state index contributed by atoms with van der Waals surface area (Å²) in [5, 5.41) is 3.40. The van der Waals surface area contributed by atoms with Gasteiger partial charge in [-0.2, -0.15) is 0 Å². The topological polar surface area (TPSA) is 15.3 Å². The molecule has 0 aromatic carbocycles. The maximum absolute atomic E-state index is 3.40. The molecule has 0 aromatic rings. The van der Waals surface area contributed by atoms with Gasteiger partial charge in [-0.05, 0) is 33.1 Å². The molecule has 0 saturated heterocycles. The first kappa shape index (κ1) is 10.9. The molecule has 0 radical (unpaired) electrons. The Labute approximate surface area is 71.0 Å². The van der Waals surface area contributed by atoms with E-state index < -0.39 is 0 Å². The summed E-state index contributed by atoms with van der Waals surface area (Å²) >= 11 is 0. The van der Waals surface area contributed by atoms with Crippen molar-refractivity contribution in [3.05, 3.63) is 0 Å². The van der Waals surface area contributed by atoms with Crippen LogP contribution in [0, 0.1) is 0 Å². The van der Waals surface area contributed by atoms with E-state index in [0.717, 1.165) is 13.1 Å². The largest absolute Gasteiger partial charge is 0.314 e. The summed E-state index contributed by atoms with van der Waals surface area (Å²) in [5.41, 5.74) is 0. The first-order valence-electron chi connectivity index (χ1n) is 4.58. The number of hydrogen-bond donors (Lipinski definition) is 1. The van der Waals surface area contributed by atoms with E-state index >= 15 is 0 Å². The van der Waals surface area contributed by atoms with Gasteiger partial charge in [-0.15, -0.1) is 0 Å². The van der Waals surface area contributed by atoms with Crippen LogP contribution in [-0.2, 0) is 0 Å². The number of hydrogen-bond acceptors (Lipinski definition) is 2. The van der Waals surface area contributed by atoms with Crippen LogP contribution in [0.3, 0.4) is 0 Å². The highest BCUT2D eigenvalue weighted by Crippen LogP contribution is 1.85. The van der Waals surface area contributed by atoms with Gasteiger partial charge in [0.1, 0.15) is 0 Å². The third kappa shape index (κ3) is 7.82. The van der Waals surface area contributed by atoms with Crippen LogP contribution in [0.5, 0.6) is 0 Å². The lowest BCUT2D eigenvalue weighted by atomic mass is 10.3. The molecular weight excluding hydrogens is 136 g/mol. The Balaban J connectivity index is 3.01. The molecular formula is C9H22N2. The molecule has 0 aliphatic carbocycles. The average Bonchev–Trinajstić information content (AvgIpc) is 1.97. The van der Waals surface area contributed by atoms with Crippen molar-refractivity contribution in [3.8, 4) is 0 Å². The van der Waals surface area contributed by atoms with Crippen molar-refractivity contribution >= 4 is 0 Å². The van der Waals surface area contributed by atoms with Crippen molar-refractivity contribution < 1.29 is 0 Å². The Morgan fingerprint density at radius 2 is 2.00 bits per heavy atom. The molecule has 68 valence electrons. The minimum atomic E-state index is 0.627. The van der Waals surface area contributed by atoms with Gasteiger partial charge >= 0.3 is 0 Å². The van der Waals surface area contributed by atoms with Gasteiger partial charge in [0, 0.05) is 6.04 Å². The van der Waals surface area contributed by atoms with E-state index in [0.29, 0.717) is 6.04 Å². The highest BCUT2D eigenvalue weighted by atomic mass is 15.1. The SMILES string of the molecule is CCN(C)CCCNC(C)C. The Kier molecular flexibility index (Phi) is 6.57. The van der Waals surface area contributed by atoms with Gasteiger partial charge in [-0.3, -0.25) is 0 Å². The van der Waals surface area contributed by atoms with Gasteiger partial charge in [-0.25, -0.2) is 0 Å². The fourth-order valence-electron chi connectivity index (χ4n) is 0.898. The number of nitrogens with zero attached hydrogens (tertiary/aromatic N) is 1. The zero-order chi connectivity index (χ0) is 8.69. The zero-order valence-corrected chi connectivity index (χ0v) is 8.35. The van der Waals surface area contributed by atoms with Crippen LogP contribution in [0.2, 0.25) is 0 Å². The van der Waals surface area contributed by atoms with E-state index in [1.807, 2.05) is 0 Å². The second kappa shape index (κ2) is 6.62. The summed E-state index contributed by atoms with van der Waals surface area (Å²) < 4.78 is 0. The first-order valence-corrected chi connectivity index (χ1v) is 4.58. The van der Waals surface area contributed by atoms with Crippen molar-refractivity contribution in [2.45, 2.75) is 33.2 Å². The van der Waals surface area contributed by atoms with Gasteiger partial charge < -0.3 is 10.2 Å². The van der Waals surface area contributed by atoms with Gasteiger partial charge in [0.2, 0.25) is 0 Å². The highest BCUT2D eigenvalue weighted by molar-refractivity contribution is 4.55. The standard InChI is InChI=1S/C9H22N2/c1-5-11(4)8-6-7-10-9(2)3/h9-10H,5-8H2,1-4H3. The molecule has 0 saturated carbocycles. The van der Waals surface area contributed by atoms with E-state index in [2.05, 4.69) is 38.0 Å². The second-order valence-corrected chi connectivity index (χ2v) is 3.36. The van der Waals surface area contributed by atoms with Gasteiger partial charge in [0.25, 0.3) is 0 Å². The fraction of sp³-hybridized carbons (Fsp3) is 1.00. The molecule has 0 aliphatic rings. The predicted molar refractivity (Wildman–Crippen MR) is 50.9 cm³/mol. The summed E-state index contributed by atoms with van der Waals surface area (Å²) in [7, 11) is 2.16. The van der Waals surface area contributed by atoms with Crippen LogP contribution in [0.25, 0.3) is 0 Å². The van der Waals surface area contributed by atoms with Crippen LogP contribution < -0.4 is 5.32 Å². The highest BCUT2D eigenvalue weighted by Gasteiger charge is 1.94. The molecule has 0 atom stereocenters. The Hall–Kier alpha value is -0.0800. The minimum Gasteiger partial charge on any atom is -0.314 e. The van der Waals surface area contributed by atoms with Crippen molar-refractivity contribution in [1.29, 1.82) is 0 Å². The molecule has 0 aliphatic heterocycles. The summed E-state index contributed by atoms with van der Waals surface area (Å²) in [6.45, 7) is 10.1. The molecule has 2 nitrogen and oxygen atoms in total. The lowest BCUT2D eigenvalue weighted by Crippen LogP contribution is -2.27. The molecule has 0 rings (SSSR count). The van der Waals surface area contributed by atoms with Crippen LogP contribution in [0.15, 0.2) is 0 Å². The monoisotopic (exact) mass is 158 g/mol. The molecule has 0 bridgehead atoms. The normalized spacial score (nSPS) is 11.5. The van der Waals surface area contributed by atoms with Gasteiger partial charge in [-0.1, -0.05) is 20.8 Å². The maximum Gasteiger partial charge on any atom is 0.00103 e. The Morgan fingerprint density at radius 1 is 1.36 bits per heavy atom. The molecule has 0 unspecified atom stereocenters. The van der Waals surface area contributed by atoms with Crippen LogP contribution in [0.4, 0.5) is 0 Å². The molecule has 0 aromatic heterocycles. The summed E-state index contributed by atoms with van der Waals surface area (Å²) in [4.78, 5) is 2.34. The maximum atomic E-state index is 3.40. The minimum absolute atomic E-state index is 0.627. The summed E-state index contributed by atoms with van der Waals surface area (Å²) in [6, 6.07) is 0.627. The smallest absolute Gasteiger partial charge is 0.00103 e. The third-order valence-corrected chi connectivity index (χ3v) is 1.81. The molecule has 0 amide bonds. The quantitative estimate of drug-likeness (QED) is 0.587. The van der Waals surface area contributed by atoms with E-state index in [4.69, 9.17) is 0 Å². The fourth-order valence-corrected chi connectivity index (χ4v) is 0.898. The Bertz CT molecular complexity index is 81.6. The molecule has 11 heavy (non-hydrogen) atoms. The van der Waals surface area contributed by atoms with E-state index in [1.165, 1.54) is 13.0 Å². The molecule has 0 heterocycles. The van der Waals surface area contributed by atoms with Crippen LogP contribution >= 0.6 is 0 Å². The summed E-state index contributed by atoms with van der Waals surface area (Å²) in [5.74, 6) is 0. The molecule has 2 heteroatoms. The Morgan fingerprint density at radius 3 is 2.45 bits per heavy atom. The van der Waals surface area contributed by atoms with Crippen molar-refractivity contribution in [1.82, 2.24) is 10.2 Å². The molecule has 1 N–H and O–H groups in total. The van der Waals surface area contributed by atoms with Crippen molar-refractivity contribution in [2.24, 2.45) is 0 Å². The van der Waals surface area contributed by atoms with E-state index in [1.54, 1.807) is 0 Å². The van der Waals surface area contributed by atoms with Crippen LogP contribution in [0.1, 0.15) is 27.2 Å². The first-order chi connectivity index (χ1) is 5.16. The number of nitrogens with one attached hydrogen (secondary N) is 1. The molecule has 0 spiro atoms. The average molecular weight is 158 g/mol. The van der Waals surface area contributed by atoms with Gasteiger partial charge in [0.05, 0.1) is 0 Å². The van der Waals surface area contributed by atoms with Gasteiger partial charge in [0.15, 0.2) is 0 Å². The van der Waals surface area contributed by atoms with Crippen LogP contribution in [-0.4, -0.2) is 37.6 Å². The zero-order valence-electron chi connectivity index (χ0n) is 8.35. The van der Waals surface area contributed by atoms with E-state index in [-0.39, 0.29) is 0 Å².